The average Bonchev–Trinajstić information content (AvgIpc) is 2.56. The number of nitrogens with zero attached hydrogens (tertiary/aromatic N) is 2. The van der Waals surface area contributed by atoms with Crippen molar-refractivity contribution in [1.29, 1.82) is 0 Å². The summed E-state index contributed by atoms with van der Waals surface area (Å²) < 4.78 is 0. The molecular formula is C18H25N5O. The smallest absolute Gasteiger partial charge is 0.108 e. The lowest BCUT2D eigenvalue weighted by Gasteiger charge is -2.35. The molecule has 5 N–H and O–H groups in total. The van der Waals surface area contributed by atoms with E-state index in [4.69, 9.17) is 11.5 Å². The highest BCUT2D eigenvalue weighted by atomic mass is 16.3. The van der Waals surface area contributed by atoms with Gasteiger partial charge in [0.1, 0.15) is 11.5 Å². The zero-order valence-electron chi connectivity index (χ0n) is 14.4. The van der Waals surface area contributed by atoms with E-state index in [1.165, 1.54) is 0 Å². The van der Waals surface area contributed by atoms with E-state index in [0.29, 0.717) is 12.2 Å². The summed E-state index contributed by atoms with van der Waals surface area (Å²) in [6, 6.07) is 7.38. The molecule has 0 spiro atoms. The van der Waals surface area contributed by atoms with Crippen molar-refractivity contribution in [3.05, 3.63) is 70.1 Å². The Labute approximate surface area is 142 Å². The van der Waals surface area contributed by atoms with E-state index in [0.717, 1.165) is 22.7 Å². The molecule has 0 amide bonds. The average molecular weight is 327 g/mol. The van der Waals surface area contributed by atoms with Crippen molar-refractivity contribution in [2.75, 3.05) is 13.6 Å². The summed E-state index contributed by atoms with van der Waals surface area (Å²) in [5, 5.41) is 6.47. The second-order valence-electron chi connectivity index (χ2n) is 6.06. The second-order valence-corrected chi connectivity index (χ2v) is 6.06. The molecule has 0 saturated carbocycles. The fourth-order valence-electron chi connectivity index (χ4n) is 2.82. The molecule has 2 unspecified atom stereocenters. The second kappa shape index (κ2) is 7.79. The fourth-order valence-corrected chi connectivity index (χ4v) is 2.82. The van der Waals surface area contributed by atoms with E-state index in [2.05, 4.69) is 21.5 Å². The van der Waals surface area contributed by atoms with Gasteiger partial charge in [0.25, 0.3) is 0 Å². The maximum Gasteiger partial charge on any atom is 0.108 e. The Balaban J connectivity index is 2.31. The normalized spacial score (nSPS) is 19.4. The number of allylic oxidation sites excluding steroid dienone is 1. The van der Waals surface area contributed by atoms with Crippen LogP contribution in [0.25, 0.3) is 0 Å². The number of hydrogen-bond acceptors (Lipinski definition) is 6. The van der Waals surface area contributed by atoms with Gasteiger partial charge in [-0.1, -0.05) is 18.2 Å². The summed E-state index contributed by atoms with van der Waals surface area (Å²) in [5.41, 5.74) is 14.8. The topological polar surface area (TPSA) is 96.7 Å². The molecule has 1 aromatic rings. The Hall–Kier alpha value is -2.60. The zero-order valence-corrected chi connectivity index (χ0v) is 14.4. The van der Waals surface area contributed by atoms with Gasteiger partial charge in [0.15, 0.2) is 0 Å². The van der Waals surface area contributed by atoms with E-state index in [1.54, 1.807) is 12.1 Å². The highest BCUT2D eigenvalue weighted by molar-refractivity contribution is 5.44. The lowest BCUT2D eigenvalue weighted by Crippen LogP contribution is -2.37. The summed E-state index contributed by atoms with van der Waals surface area (Å²) in [7, 11) is 2.00. The van der Waals surface area contributed by atoms with Crippen LogP contribution in [-0.2, 0) is 0 Å². The molecule has 2 rings (SSSR count). The van der Waals surface area contributed by atoms with Crippen molar-refractivity contribution in [2.45, 2.75) is 25.9 Å². The standard InChI is InChI=1S/C18H25N5O/c1-12(20)7-13(2)21-18-9-14(11-19)8-17(23(18)3)15-5-4-6-16(10-15)22-24/h4-10,13,17,21H,11,19-20H2,1-3H3/b12-7-. The van der Waals surface area contributed by atoms with Gasteiger partial charge in [0.05, 0.1) is 6.04 Å². The first-order chi connectivity index (χ1) is 11.4. The SMILES string of the molecule is C/C(N)=C/C(C)NC1=CC(CN)=CC(c2cccc(N=O)c2)N1C. The van der Waals surface area contributed by atoms with Crippen molar-refractivity contribution in [1.82, 2.24) is 10.2 Å². The molecule has 0 fully saturated rings. The summed E-state index contributed by atoms with van der Waals surface area (Å²) in [6.45, 7) is 4.35. The van der Waals surface area contributed by atoms with Crippen molar-refractivity contribution < 1.29 is 0 Å². The van der Waals surface area contributed by atoms with Gasteiger partial charge in [-0.2, -0.15) is 0 Å². The van der Waals surface area contributed by atoms with Crippen LogP contribution >= 0.6 is 0 Å². The molecule has 0 radical (unpaired) electrons. The van der Waals surface area contributed by atoms with Crippen LogP contribution in [0, 0.1) is 4.91 Å². The number of nitrogens with two attached hydrogens (primary N) is 2. The van der Waals surface area contributed by atoms with Crippen LogP contribution in [0.2, 0.25) is 0 Å². The summed E-state index contributed by atoms with van der Waals surface area (Å²) in [5.74, 6) is 0.956. The predicted molar refractivity (Wildman–Crippen MR) is 98.2 cm³/mol. The fraction of sp³-hybridized carbons (Fsp3) is 0.333. The molecule has 24 heavy (non-hydrogen) atoms. The van der Waals surface area contributed by atoms with Gasteiger partial charge in [-0.05, 0) is 54.4 Å². The number of likely N-dealkylation sites (N-methyl/N-ethyl adjacent to an activating group) is 1. The minimum Gasteiger partial charge on any atom is -0.402 e. The van der Waals surface area contributed by atoms with Crippen LogP contribution in [-0.4, -0.2) is 24.5 Å². The Morgan fingerprint density at radius 2 is 2.25 bits per heavy atom. The van der Waals surface area contributed by atoms with Crippen LogP contribution in [0.5, 0.6) is 0 Å². The van der Waals surface area contributed by atoms with Crippen molar-refractivity contribution in [2.24, 2.45) is 16.6 Å². The third-order valence-electron chi connectivity index (χ3n) is 3.93. The van der Waals surface area contributed by atoms with E-state index in [-0.39, 0.29) is 12.1 Å². The van der Waals surface area contributed by atoms with Crippen LogP contribution in [0.3, 0.4) is 0 Å². The van der Waals surface area contributed by atoms with Gasteiger partial charge in [-0.3, -0.25) is 0 Å². The van der Waals surface area contributed by atoms with Gasteiger partial charge in [-0.25, -0.2) is 0 Å². The van der Waals surface area contributed by atoms with Crippen molar-refractivity contribution in [3.8, 4) is 0 Å². The van der Waals surface area contributed by atoms with Gasteiger partial charge in [0, 0.05) is 25.3 Å². The quantitative estimate of drug-likeness (QED) is 0.698. The predicted octanol–water partition coefficient (Wildman–Crippen LogP) is 2.64. The van der Waals surface area contributed by atoms with Crippen LogP contribution in [0.15, 0.2) is 64.8 Å². The summed E-state index contributed by atoms with van der Waals surface area (Å²) in [4.78, 5) is 12.9. The summed E-state index contributed by atoms with van der Waals surface area (Å²) in [6.07, 6.45) is 6.10. The first kappa shape index (κ1) is 17.7. The molecule has 128 valence electrons. The van der Waals surface area contributed by atoms with Crippen molar-refractivity contribution >= 4 is 5.69 Å². The van der Waals surface area contributed by atoms with E-state index >= 15 is 0 Å². The van der Waals surface area contributed by atoms with Gasteiger partial charge < -0.3 is 21.7 Å². The molecule has 2 atom stereocenters. The zero-order chi connectivity index (χ0) is 17.7. The molecule has 6 nitrogen and oxygen atoms in total. The summed E-state index contributed by atoms with van der Waals surface area (Å²) >= 11 is 0. The lowest BCUT2D eigenvalue weighted by atomic mass is 9.98. The van der Waals surface area contributed by atoms with Crippen LogP contribution in [0.4, 0.5) is 5.69 Å². The van der Waals surface area contributed by atoms with Gasteiger partial charge in [0.2, 0.25) is 0 Å². The molecule has 1 aromatic carbocycles. The number of hydrogen-bond donors (Lipinski definition) is 3. The largest absolute Gasteiger partial charge is 0.402 e. The van der Waals surface area contributed by atoms with Crippen LogP contribution < -0.4 is 16.8 Å². The first-order valence-electron chi connectivity index (χ1n) is 7.93. The molecule has 1 aliphatic heterocycles. The third-order valence-corrected chi connectivity index (χ3v) is 3.93. The molecule has 1 aliphatic rings. The molecule has 6 heteroatoms. The first-order valence-corrected chi connectivity index (χ1v) is 7.93. The third kappa shape index (κ3) is 4.23. The Morgan fingerprint density at radius 1 is 1.50 bits per heavy atom. The maximum atomic E-state index is 10.8. The van der Waals surface area contributed by atoms with E-state index < -0.39 is 0 Å². The monoisotopic (exact) mass is 327 g/mol. The number of rotatable bonds is 6. The Kier molecular flexibility index (Phi) is 5.76. The maximum absolute atomic E-state index is 10.8. The molecule has 0 aliphatic carbocycles. The van der Waals surface area contributed by atoms with Crippen molar-refractivity contribution in [3.63, 3.8) is 0 Å². The Bertz CT molecular complexity index is 688. The number of nitroso groups, excluding NO2 is 1. The highest BCUT2D eigenvalue weighted by Crippen LogP contribution is 2.31. The Morgan fingerprint density at radius 3 is 2.88 bits per heavy atom. The number of benzene rings is 1. The molecule has 1 heterocycles. The lowest BCUT2D eigenvalue weighted by molar-refractivity contribution is 0.321. The minimum atomic E-state index is -0.0205. The molecule has 0 aromatic heterocycles. The van der Waals surface area contributed by atoms with E-state index in [1.807, 2.05) is 45.2 Å². The minimum absolute atomic E-state index is 0.0205. The molecule has 0 bridgehead atoms. The van der Waals surface area contributed by atoms with Gasteiger partial charge in [-0.15, -0.1) is 4.91 Å². The van der Waals surface area contributed by atoms with Crippen LogP contribution in [0.1, 0.15) is 25.5 Å². The van der Waals surface area contributed by atoms with Gasteiger partial charge >= 0.3 is 0 Å². The number of nitrogens with one attached hydrogen (secondary N) is 1. The van der Waals surface area contributed by atoms with E-state index in [9.17, 15) is 4.91 Å². The molecule has 0 saturated heterocycles. The highest BCUT2D eigenvalue weighted by Gasteiger charge is 2.22. The molecular weight excluding hydrogens is 302 g/mol.